The molecule has 0 atom stereocenters. The molecule has 2 aromatic heterocycles. The molecule has 1 amide bonds. The first-order valence-corrected chi connectivity index (χ1v) is 6.05. The molecule has 0 fully saturated rings. The van der Waals surface area contributed by atoms with Crippen LogP contribution < -0.4 is 5.32 Å². The number of aromatic nitrogens is 2. The van der Waals surface area contributed by atoms with Gasteiger partial charge in [-0.05, 0) is 36.7 Å². The van der Waals surface area contributed by atoms with Crippen LogP contribution >= 0.6 is 15.9 Å². The average molecular weight is 314 g/mol. The largest absolute Gasteiger partial charge is 0.443 e. The van der Waals surface area contributed by atoms with Gasteiger partial charge in [0.15, 0.2) is 5.58 Å². The summed E-state index contributed by atoms with van der Waals surface area (Å²) in [4.78, 5) is 19.6. The van der Waals surface area contributed by atoms with Crippen molar-refractivity contribution in [1.29, 1.82) is 0 Å². The zero-order chi connectivity index (χ0) is 13.3. The number of carbonyl (C=O) groups is 1. The second-order valence-electron chi connectivity index (χ2n) is 4.62. The molecule has 0 saturated carbocycles. The number of nitrogens with one attached hydrogen (secondary N) is 1. The van der Waals surface area contributed by atoms with E-state index >= 15 is 0 Å². The highest BCUT2D eigenvalue weighted by molar-refractivity contribution is 9.10. The number of hydrogen-bond acceptors (Lipinski definition) is 5. The predicted octanol–water partition coefficient (Wildman–Crippen LogP) is 3.33. The van der Waals surface area contributed by atoms with Crippen LogP contribution in [0, 0.1) is 0 Å². The van der Waals surface area contributed by atoms with E-state index in [1.165, 1.54) is 0 Å². The Morgan fingerprint density at radius 3 is 2.89 bits per heavy atom. The van der Waals surface area contributed by atoms with Crippen LogP contribution in [0.15, 0.2) is 21.2 Å². The van der Waals surface area contributed by atoms with Crippen molar-refractivity contribution in [1.82, 2.24) is 9.97 Å². The topological polar surface area (TPSA) is 77.2 Å². The van der Waals surface area contributed by atoms with Gasteiger partial charge in [0, 0.05) is 16.7 Å². The first kappa shape index (κ1) is 12.8. The van der Waals surface area contributed by atoms with Gasteiger partial charge in [0.25, 0.3) is 0 Å². The highest BCUT2D eigenvalue weighted by atomic mass is 79.9. The minimum Gasteiger partial charge on any atom is -0.443 e. The molecule has 0 unspecified atom stereocenters. The van der Waals surface area contributed by atoms with Crippen molar-refractivity contribution in [3.05, 3.63) is 16.7 Å². The average Bonchev–Trinajstić information content (AvgIpc) is 2.55. The van der Waals surface area contributed by atoms with E-state index in [9.17, 15) is 4.79 Å². The first-order valence-electron chi connectivity index (χ1n) is 5.25. The Bertz CT molecular complexity index is 589. The number of oxazole rings is 1. The number of amides is 1. The van der Waals surface area contributed by atoms with E-state index in [2.05, 4.69) is 31.2 Å². The van der Waals surface area contributed by atoms with E-state index in [-0.39, 0.29) is 6.01 Å². The lowest BCUT2D eigenvalue weighted by molar-refractivity contribution is 0.0632. The quantitative estimate of drug-likeness (QED) is 0.873. The van der Waals surface area contributed by atoms with Gasteiger partial charge in [-0.25, -0.2) is 15.1 Å². The molecule has 2 aromatic rings. The summed E-state index contributed by atoms with van der Waals surface area (Å²) in [5, 5.41) is 2.41. The zero-order valence-corrected chi connectivity index (χ0v) is 11.7. The molecule has 0 aromatic carbocycles. The van der Waals surface area contributed by atoms with Crippen LogP contribution in [0.1, 0.15) is 20.8 Å². The Morgan fingerprint density at radius 2 is 2.22 bits per heavy atom. The Morgan fingerprint density at radius 1 is 1.50 bits per heavy atom. The molecular formula is C11H12BrN3O3. The molecule has 2 heterocycles. The third-order valence-corrected chi connectivity index (χ3v) is 2.26. The van der Waals surface area contributed by atoms with Crippen molar-refractivity contribution in [3.8, 4) is 0 Å². The molecule has 0 aliphatic carbocycles. The maximum absolute atomic E-state index is 11.5. The fourth-order valence-electron chi connectivity index (χ4n) is 1.24. The summed E-state index contributed by atoms with van der Waals surface area (Å²) in [6.45, 7) is 5.33. The number of nitrogens with zero attached hydrogens (tertiary/aromatic N) is 2. The standard InChI is InChI=1S/C11H12BrN3O3/c1-11(2,3)18-10(16)15-9-14-8-7(17-9)4-6(12)5-13-8/h4-5H,1-3H3,(H,13,14,15,16). The number of rotatable bonds is 1. The number of carbonyl (C=O) groups excluding carboxylic acids is 1. The first-order chi connectivity index (χ1) is 8.33. The maximum Gasteiger partial charge on any atom is 0.415 e. The van der Waals surface area contributed by atoms with Gasteiger partial charge in [-0.3, -0.25) is 0 Å². The SMILES string of the molecule is CC(C)(C)OC(=O)Nc1nc2ncc(Br)cc2o1. The lowest BCUT2D eigenvalue weighted by atomic mass is 10.2. The van der Waals surface area contributed by atoms with Crippen LogP contribution in [0.25, 0.3) is 11.2 Å². The fourth-order valence-corrected chi connectivity index (χ4v) is 1.55. The van der Waals surface area contributed by atoms with Gasteiger partial charge in [-0.1, -0.05) is 0 Å². The van der Waals surface area contributed by atoms with E-state index in [0.29, 0.717) is 11.2 Å². The number of fused-ring (bicyclic) bond motifs is 1. The Hall–Kier alpha value is -1.63. The molecular weight excluding hydrogens is 302 g/mol. The second kappa shape index (κ2) is 4.56. The molecule has 0 radical (unpaired) electrons. The Kier molecular flexibility index (Phi) is 3.25. The number of ether oxygens (including phenoxy) is 1. The minimum atomic E-state index is -0.617. The van der Waals surface area contributed by atoms with Crippen molar-refractivity contribution >= 4 is 39.3 Å². The van der Waals surface area contributed by atoms with Gasteiger partial charge < -0.3 is 9.15 Å². The van der Waals surface area contributed by atoms with Crippen molar-refractivity contribution in [2.45, 2.75) is 26.4 Å². The maximum atomic E-state index is 11.5. The summed E-state index contributed by atoms with van der Waals surface area (Å²) in [6.07, 6.45) is 0.982. The third kappa shape index (κ3) is 3.19. The van der Waals surface area contributed by atoms with Crippen LogP contribution in [0.4, 0.5) is 10.8 Å². The monoisotopic (exact) mass is 313 g/mol. The van der Waals surface area contributed by atoms with Crippen LogP contribution in [-0.4, -0.2) is 21.7 Å². The predicted molar refractivity (Wildman–Crippen MR) is 69.4 cm³/mol. The molecule has 1 N–H and O–H groups in total. The highest BCUT2D eigenvalue weighted by Crippen LogP contribution is 2.21. The molecule has 0 bridgehead atoms. The molecule has 18 heavy (non-hydrogen) atoms. The molecule has 0 aliphatic heterocycles. The lowest BCUT2D eigenvalue weighted by Gasteiger charge is -2.18. The molecule has 2 rings (SSSR count). The summed E-state index contributed by atoms with van der Waals surface area (Å²) < 4.78 is 11.2. The number of halogens is 1. The van der Waals surface area contributed by atoms with Crippen molar-refractivity contribution < 1.29 is 13.9 Å². The Labute approximate surface area is 112 Å². The molecule has 0 spiro atoms. The summed E-state index contributed by atoms with van der Waals surface area (Å²) in [7, 11) is 0. The van der Waals surface area contributed by atoms with Crippen LogP contribution in [-0.2, 0) is 4.74 Å². The van der Waals surface area contributed by atoms with Gasteiger partial charge >= 0.3 is 12.1 Å². The highest BCUT2D eigenvalue weighted by Gasteiger charge is 2.18. The van der Waals surface area contributed by atoms with E-state index in [1.54, 1.807) is 33.0 Å². The zero-order valence-electron chi connectivity index (χ0n) is 10.2. The van der Waals surface area contributed by atoms with Gasteiger partial charge in [-0.2, -0.15) is 4.98 Å². The Balaban J connectivity index is 2.15. The normalized spacial score (nSPS) is 11.6. The van der Waals surface area contributed by atoms with Crippen LogP contribution in [0.5, 0.6) is 0 Å². The van der Waals surface area contributed by atoms with Crippen LogP contribution in [0.3, 0.4) is 0 Å². The molecule has 0 aliphatic rings. The van der Waals surface area contributed by atoms with E-state index < -0.39 is 11.7 Å². The minimum absolute atomic E-state index is 0.0600. The molecule has 96 valence electrons. The summed E-state index contributed by atoms with van der Waals surface area (Å²) in [5.74, 6) is 0. The van der Waals surface area contributed by atoms with Gasteiger partial charge in [0.1, 0.15) is 5.60 Å². The summed E-state index contributed by atoms with van der Waals surface area (Å²) in [5.41, 5.74) is 0.330. The third-order valence-electron chi connectivity index (χ3n) is 1.82. The second-order valence-corrected chi connectivity index (χ2v) is 5.54. The van der Waals surface area contributed by atoms with E-state index in [1.807, 2.05) is 0 Å². The van der Waals surface area contributed by atoms with Gasteiger partial charge in [0.05, 0.1) is 0 Å². The molecule has 0 saturated heterocycles. The fraction of sp³-hybridized carbons (Fsp3) is 0.364. The van der Waals surface area contributed by atoms with Crippen LogP contribution in [0.2, 0.25) is 0 Å². The van der Waals surface area contributed by atoms with Crippen molar-refractivity contribution in [2.75, 3.05) is 5.32 Å². The van der Waals surface area contributed by atoms with Gasteiger partial charge in [-0.15, -0.1) is 0 Å². The lowest BCUT2D eigenvalue weighted by Crippen LogP contribution is -2.27. The molecule has 6 nitrogen and oxygen atoms in total. The number of hydrogen-bond donors (Lipinski definition) is 1. The summed E-state index contributed by atoms with van der Waals surface area (Å²) in [6, 6.07) is 1.78. The molecule has 7 heteroatoms. The number of anilines is 1. The van der Waals surface area contributed by atoms with Gasteiger partial charge in [0.2, 0.25) is 5.65 Å². The van der Waals surface area contributed by atoms with Crippen molar-refractivity contribution in [2.24, 2.45) is 0 Å². The summed E-state index contributed by atoms with van der Waals surface area (Å²) >= 11 is 3.27. The van der Waals surface area contributed by atoms with E-state index in [0.717, 1.165) is 4.47 Å². The smallest absolute Gasteiger partial charge is 0.415 e. The van der Waals surface area contributed by atoms with E-state index in [4.69, 9.17) is 9.15 Å². The number of pyridine rings is 1. The van der Waals surface area contributed by atoms with Crippen molar-refractivity contribution in [3.63, 3.8) is 0 Å².